The number of hydrogen-bond donors (Lipinski definition) is 3. The Hall–Kier alpha value is -1.66. The van der Waals surface area contributed by atoms with E-state index < -0.39 is 12.1 Å². The van der Waals surface area contributed by atoms with Crippen LogP contribution in [0.2, 0.25) is 0 Å². The first-order valence-corrected chi connectivity index (χ1v) is 35.6. The van der Waals surface area contributed by atoms with Crippen molar-refractivity contribution in [2.24, 2.45) is 0 Å². The summed E-state index contributed by atoms with van der Waals surface area (Å²) >= 11 is 0. The highest BCUT2D eigenvalue weighted by Gasteiger charge is 2.20. The van der Waals surface area contributed by atoms with Crippen LogP contribution >= 0.6 is 0 Å². The molecule has 0 rings (SSSR count). The van der Waals surface area contributed by atoms with E-state index >= 15 is 0 Å². The molecule has 0 heterocycles. The van der Waals surface area contributed by atoms with Gasteiger partial charge in [0.25, 0.3) is 0 Å². The lowest BCUT2D eigenvalue weighted by atomic mass is 10.0. The van der Waals surface area contributed by atoms with Crippen molar-refractivity contribution in [3.05, 3.63) is 24.3 Å². The van der Waals surface area contributed by atoms with Crippen LogP contribution < -0.4 is 5.32 Å². The third-order valence-electron chi connectivity index (χ3n) is 16.7. The number of nitrogens with one attached hydrogen (secondary N) is 1. The molecule has 0 spiro atoms. The van der Waals surface area contributed by atoms with E-state index in [1.54, 1.807) is 0 Å². The first-order chi connectivity index (χ1) is 38.5. The molecule has 0 fully saturated rings. The number of esters is 1. The van der Waals surface area contributed by atoms with Gasteiger partial charge in [0.1, 0.15) is 0 Å². The van der Waals surface area contributed by atoms with E-state index in [2.05, 4.69) is 43.5 Å². The van der Waals surface area contributed by atoms with E-state index in [-0.39, 0.29) is 18.5 Å². The maximum Gasteiger partial charge on any atom is 0.305 e. The molecule has 0 saturated carbocycles. The molecule has 78 heavy (non-hydrogen) atoms. The second kappa shape index (κ2) is 67.8. The zero-order chi connectivity index (χ0) is 56.4. The lowest BCUT2D eigenvalue weighted by Gasteiger charge is -2.22. The number of carbonyl (C=O) groups excluding carboxylic acids is 2. The summed E-state index contributed by atoms with van der Waals surface area (Å²) in [5, 5.41) is 23.4. The van der Waals surface area contributed by atoms with Crippen LogP contribution in [-0.2, 0) is 14.3 Å². The molecule has 6 nitrogen and oxygen atoms in total. The maximum absolute atomic E-state index is 12.5. The van der Waals surface area contributed by atoms with Crippen LogP contribution in [0.4, 0.5) is 0 Å². The highest BCUT2D eigenvalue weighted by molar-refractivity contribution is 5.76. The average Bonchev–Trinajstić information content (AvgIpc) is 3.44. The summed E-state index contributed by atoms with van der Waals surface area (Å²) in [6.07, 6.45) is 85.1. The standard InChI is InChI=1S/C72H139NO5/c1-3-5-7-9-11-13-15-17-19-21-22-23-27-30-33-36-40-44-48-52-56-60-64-70(75)69(68-74)73-71(76)65-61-57-53-49-45-41-37-34-31-28-25-24-26-29-32-35-39-43-47-51-55-59-63-67-78-72(77)66-62-58-54-50-46-42-38-20-18-16-14-12-10-8-6-4-2/h20,28,31,38,69-70,74-75H,3-19,21-27,29-30,32-37,39-68H2,1-2H3,(H,73,76)/b31-28-,38-20-. The number of allylic oxidation sites excluding steroid dienone is 4. The maximum atomic E-state index is 12.5. The minimum absolute atomic E-state index is 0.00509. The van der Waals surface area contributed by atoms with Crippen LogP contribution in [0, 0.1) is 0 Å². The van der Waals surface area contributed by atoms with Gasteiger partial charge in [0.2, 0.25) is 5.91 Å². The molecule has 0 aromatic rings. The lowest BCUT2D eigenvalue weighted by molar-refractivity contribution is -0.143. The predicted molar refractivity (Wildman–Crippen MR) is 343 cm³/mol. The molecule has 1 amide bonds. The molecule has 0 saturated heterocycles. The van der Waals surface area contributed by atoms with Crippen LogP contribution in [0.25, 0.3) is 0 Å². The van der Waals surface area contributed by atoms with E-state index in [1.165, 1.54) is 321 Å². The smallest absolute Gasteiger partial charge is 0.305 e. The predicted octanol–water partition coefficient (Wildman–Crippen LogP) is 22.9. The minimum Gasteiger partial charge on any atom is -0.466 e. The summed E-state index contributed by atoms with van der Waals surface area (Å²) in [5.41, 5.74) is 0. The summed E-state index contributed by atoms with van der Waals surface area (Å²) in [6, 6.07) is -0.547. The molecular weight excluding hydrogens is 959 g/mol. The van der Waals surface area contributed by atoms with Crippen LogP contribution in [0.15, 0.2) is 24.3 Å². The zero-order valence-electron chi connectivity index (χ0n) is 52.9. The van der Waals surface area contributed by atoms with E-state index in [1.807, 2.05) is 0 Å². The molecule has 0 aliphatic rings. The van der Waals surface area contributed by atoms with Gasteiger partial charge in [0.05, 0.1) is 25.4 Å². The van der Waals surface area contributed by atoms with Gasteiger partial charge < -0.3 is 20.3 Å². The monoisotopic (exact) mass is 1100 g/mol. The van der Waals surface area contributed by atoms with E-state index in [4.69, 9.17) is 4.74 Å². The van der Waals surface area contributed by atoms with Gasteiger partial charge in [-0.2, -0.15) is 0 Å². The SMILES string of the molecule is CCCCCCCCC/C=C\CCCCCCCC(=O)OCCCCCCCCCCCCCC/C=C\CCCCCCCCCC(=O)NC(CO)C(O)CCCCCCCCCCCCCCCCCCCCCCCC. The Bertz CT molecular complexity index is 1220. The Balaban J connectivity index is 3.41. The molecule has 0 aromatic carbocycles. The summed E-state index contributed by atoms with van der Waals surface area (Å²) in [6.45, 7) is 4.98. The normalized spacial score (nSPS) is 12.6. The van der Waals surface area contributed by atoms with Gasteiger partial charge in [-0.1, -0.05) is 334 Å². The first-order valence-electron chi connectivity index (χ1n) is 35.6. The summed E-state index contributed by atoms with van der Waals surface area (Å²) in [4.78, 5) is 24.6. The highest BCUT2D eigenvalue weighted by Crippen LogP contribution is 2.19. The van der Waals surface area contributed by atoms with Gasteiger partial charge in [-0.05, 0) is 77.0 Å². The van der Waals surface area contributed by atoms with Crippen LogP contribution in [0.3, 0.4) is 0 Å². The van der Waals surface area contributed by atoms with Crippen molar-refractivity contribution in [1.29, 1.82) is 0 Å². The number of aliphatic hydroxyl groups is 2. The quantitative estimate of drug-likeness (QED) is 0.0320. The van der Waals surface area contributed by atoms with Crippen molar-refractivity contribution in [1.82, 2.24) is 5.32 Å². The minimum atomic E-state index is -0.669. The number of hydrogen-bond acceptors (Lipinski definition) is 5. The second-order valence-electron chi connectivity index (χ2n) is 24.6. The first kappa shape index (κ1) is 76.3. The number of carbonyl (C=O) groups is 2. The molecule has 462 valence electrons. The second-order valence-corrected chi connectivity index (χ2v) is 24.6. The van der Waals surface area contributed by atoms with Crippen molar-refractivity contribution in [2.45, 2.75) is 411 Å². The average molecular weight is 1100 g/mol. The molecule has 2 unspecified atom stereocenters. The Morgan fingerprint density at radius 2 is 0.603 bits per heavy atom. The molecule has 0 aliphatic carbocycles. The summed E-state index contributed by atoms with van der Waals surface area (Å²) in [7, 11) is 0. The molecule has 0 aliphatic heterocycles. The van der Waals surface area contributed by atoms with Crippen LogP contribution in [0.5, 0.6) is 0 Å². The molecule has 3 N–H and O–H groups in total. The van der Waals surface area contributed by atoms with Crippen molar-refractivity contribution in [3.8, 4) is 0 Å². The van der Waals surface area contributed by atoms with Crippen molar-refractivity contribution >= 4 is 11.9 Å². The Morgan fingerprint density at radius 1 is 0.346 bits per heavy atom. The van der Waals surface area contributed by atoms with Gasteiger partial charge in [0.15, 0.2) is 0 Å². The highest BCUT2D eigenvalue weighted by atomic mass is 16.5. The lowest BCUT2D eigenvalue weighted by Crippen LogP contribution is -2.45. The molecule has 0 aromatic heterocycles. The van der Waals surface area contributed by atoms with Crippen LogP contribution in [-0.4, -0.2) is 47.4 Å². The van der Waals surface area contributed by atoms with Crippen molar-refractivity contribution in [2.75, 3.05) is 13.2 Å². The molecule has 2 atom stereocenters. The number of unbranched alkanes of at least 4 members (excludes halogenated alkanes) is 52. The van der Waals surface area contributed by atoms with Gasteiger partial charge in [0, 0.05) is 12.8 Å². The fraction of sp³-hybridized carbons (Fsp3) is 0.917. The molecule has 6 heteroatoms. The number of ether oxygens (including phenoxy) is 1. The summed E-state index contributed by atoms with van der Waals surface area (Å²) in [5.74, 6) is -0.0319. The summed E-state index contributed by atoms with van der Waals surface area (Å²) < 4.78 is 5.49. The topological polar surface area (TPSA) is 95.9 Å². The molecule has 0 bridgehead atoms. The van der Waals surface area contributed by atoms with Gasteiger partial charge in [-0.3, -0.25) is 9.59 Å². The van der Waals surface area contributed by atoms with Crippen molar-refractivity contribution < 1.29 is 24.5 Å². The third kappa shape index (κ3) is 63.5. The largest absolute Gasteiger partial charge is 0.466 e. The molecule has 0 radical (unpaired) electrons. The fourth-order valence-corrected chi connectivity index (χ4v) is 11.3. The van der Waals surface area contributed by atoms with Gasteiger partial charge in [-0.25, -0.2) is 0 Å². The van der Waals surface area contributed by atoms with E-state index in [9.17, 15) is 19.8 Å². The molecular formula is C72H139NO5. The van der Waals surface area contributed by atoms with E-state index in [0.29, 0.717) is 25.9 Å². The zero-order valence-corrected chi connectivity index (χ0v) is 52.9. The Morgan fingerprint density at radius 3 is 0.910 bits per heavy atom. The van der Waals surface area contributed by atoms with Crippen LogP contribution in [0.1, 0.15) is 399 Å². The van der Waals surface area contributed by atoms with Crippen molar-refractivity contribution in [3.63, 3.8) is 0 Å². The number of rotatable bonds is 67. The van der Waals surface area contributed by atoms with Gasteiger partial charge >= 0.3 is 5.97 Å². The Labute approximate surface area is 488 Å². The Kier molecular flexibility index (Phi) is 66.4. The van der Waals surface area contributed by atoms with Gasteiger partial charge in [-0.15, -0.1) is 0 Å². The fourth-order valence-electron chi connectivity index (χ4n) is 11.3. The number of aliphatic hydroxyl groups excluding tert-OH is 2. The van der Waals surface area contributed by atoms with E-state index in [0.717, 1.165) is 44.9 Å². The number of amides is 1. The third-order valence-corrected chi connectivity index (χ3v) is 16.7.